The molecule has 1 N–H and O–H groups in total. The van der Waals surface area contributed by atoms with Gasteiger partial charge in [-0.1, -0.05) is 0 Å². The van der Waals surface area contributed by atoms with Gasteiger partial charge in [-0.15, -0.1) is 16.4 Å². The highest BCUT2D eigenvalue weighted by Gasteiger charge is 2.19. The van der Waals surface area contributed by atoms with E-state index in [0.717, 1.165) is 10.6 Å². The second kappa shape index (κ2) is 5.50. The fraction of sp³-hybridized carbons (Fsp3) is 0.154. The number of nitrogens with one attached hydrogen (secondary N) is 1. The van der Waals surface area contributed by atoms with Crippen LogP contribution in [0.2, 0.25) is 0 Å². The summed E-state index contributed by atoms with van der Waals surface area (Å²) in [4.78, 5) is 0.929. The number of thiophene rings is 1. The molecule has 0 saturated heterocycles. The number of aryl methyl sites for hydroxylation is 2. The summed E-state index contributed by atoms with van der Waals surface area (Å²) >= 11 is 1.21. The maximum absolute atomic E-state index is 12.4. The quantitative estimate of drug-likeness (QED) is 0.789. The van der Waals surface area contributed by atoms with E-state index in [1.165, 1.54) is 22.2 Å². The van der Waals surface area contributed by atoms with Gasteiger partial charge in [0.1, 0.15) is 10.0 Å². The Hall–Kier alpha value is -2.26. The Morgan fingerprint density at radius 1 is 1.09 bits per heavy atom. The Morgan fingerprint density at radius 2 is 1.91 bits per heavy atom. The van der Waals surface area contributed by atoms with E-state index in [1.807, 2.05) is 13.8 Å². The first-order chi connectivity index (χ1) is 10.5. The van der Waals surface area contributed by atoms with Crippen LogP contribution in [-0.2, 0) is 10.0 Å². The normalized spacial score (nSPS) is 11.5. The molecule has 0 aliphatic rings. The first-order valence-electron chi connectivity index (χ1n) is 6.40. The lowest BCUT2D eigenvalue weighted by atomic mass is 10.4. The number of rotatable bonds is 4. The van der Waals surface area contributed by atoms with Crippen molar-refractivity contribution in [3.8, 4) is 5.82 Å². The van der Waals surface area contributed by atoms with E-state index in [4.69, 9.17) is 0 Å². The fourth-order valence-electron chi connectivity index (χ4n) is 1.81. The summed E-state index contributed by atoms with van der Waals surface area (Å²) in [5.41, 5.74) is 0.770. The van der Waals surface area contributed by atoms with Crippen molar-refractivity contribution in [2.45, 2.75) is 18.1 Å². The number of anilines is 1. The van der Waals surface area contributed by atoms with Crippen LogP contribution >= 0.6 is 11.3 Å². The van der Waals surface area contributed by atoms with Gasteiger partial charge in [-0.3, -0.25) is 4.72 Å². The molecule has 22 heavy (non-hydrogen) atoms. The van der Waals surface area contributed by atoms with Gasteiger partial charge in [0.25, 0.3) is 10.0 Å². The summed E-state index contributed by atoms with van der Waals surface area (Å²) < 4.78 is 28.9. The number of aromatic nitrogens is 4. The predicted molar refractivity (Wildman–Crippen MR) is 83.8 cm³/mol. The van der Waals surface area contributed by atoms with Crippen LogP contribution < -0.4 is 4.72 Å². The topological polar surface area (TPSA) is 89.8 Å². The van der Waals surface area contributed by atoms with Crippen molar-refractivity contribution in [2.24, 2.45) is 0 Å². The smallest absolute Gasteiger partial charge is 0.263 e. The second-order valence-corrected chi connectivity index (χ2v) is 7.83. The lowest BCUT2D eigenvalue weighted by Gasteiger charge is -2.08. The molecule has 0 aromatic carbocycles. The minimum Gasteiger partial charge on any atom is -0.263 e. The van der Waals surface area contributed by atoms with Gasteiger partial charge in [-0.25, -0.2) is 8.42 Å². The molecular formula is C13H13N5O2S2. The Morgan fingerprint density at radius 3 is 2.55 bits per heavy atom. The molecule has 0 atom stereocenters. The molecule has 0 amide bonds. The standard InChI is InChI=1S/C13H13N5O2S2/c1-9-3-5-11(16-15-9)18-12(7-8-14-18)17-22(19,20)13-6-4-10(2)21-13/h3-8,17H,1-2H3. The SMILES string of the molecule is Cc1ccc(-n2nccc2NS(=O)(=O)c2ccc(C)s2)nn1. The number of hydrogen-bond acceptors (Lipinski definition) is 6. The minimum absolute atomic E-state index is 0.257. The van der Waals surface area contributed by atoms with Crippen molar-refractivity contribution in [1.82, 2.24) is 20.0 Å². The summed E-state index contributed by atoms with van der Waals surface area (Å²) in [5, 5.41) is 12.0. The molecule has 0 fully saturated rings. The van der Waals surface area contributed by atoms with Gasteiger partial charge < -0.3 is 0 Å². The summed E-state index contributed by atoms with van der Waals surface area (Å²) in [5.74, 6) is 0.750. The van der Waals surface area contributed by atoms with Crippen LogP contribution in [-0.4, -0.2) is 28.4 Å². The lowest BCUT2D eigenvalue weighted by molar-refractivity contribution is 0.602. The van der Waals surface area contributed by atoms with Gasteiger partial charge in [0.15, 0.2) is 5.82 Å². The molecule has 3 aromatic heterocycles. The van der Waals surface area contributed by atoms with Crippen LogP contribution in [0.15, 0.2) is 40.7 Å². The summed E-state index contributed by atoms with van der Waals surface area (Å²) in [6, 6.07) is 8.42. The van der Waals surface area contributed by atoms with Gasteiger partial charge in [0, 0.05) is 10.9 Å². The first-order valence-corrected chi connectivity index (χ1v) is 8.70. The monoisotopic (exact) mass is 335 g/mol. The number of sulfonamides is 1. The highest BCUT2D eigenvalue weighted by Crippen LogP contribution is 2.24. The van der Waals surface area contributed by atoms with Crippen LogP contribution in [0.1, 0.15) is 10.6 Å². The van der Waals surface area contributed by atoms with Crippen LogP contribution in [0.5, 0.6) is 0 Å². The third kappa shape index (κ3) is 2.85. The number of nitrogens with zero attached hydrogens (tertiary/aromatic N) is 4. The molecule has 0 radical (unpaired) electrons. The van der Waals surface area contributed by atoms with Gasteiger partial charge >= 0.3 is 0 Å². The average molecular weight is 335 g/mol. The Labute approximate surface area is 131 Å². The fourth-order valence-corrected chi connectivity index (χ4v) is 4.14. The Kier molecular flexibility index (Phi) is 3.67. The zero-order chi connectivity index (χ0) is 15.7. The van der Waals surface area contributed by atoms with E-state index in [0.29, 0.717) is 11.6 Å². The third-order valence-corrected chi connectivity index (χ3v) is 5.71. The van der Waals surface area contributed by atoms with Crippen molar-refractivity contribution in [1.29, 1.82) is 0 Å². The van der Waals surface area contributed by atoms with Crippen molar-refractivity contribution >= 4 is 27.2 Å². The molecule has 7 nitrogen and oxygen atoms in total. The molecule has 3 aromatic rings. The van der Waals surface area contributed by atoms with Crippen molar-refractivity contribution in [3.05, 3.63) is 47.1 Å². The van der Waals surface area contributed by atoms with Gasteiger partial charge in [-0.2, -0.15) is 14.9 Å². The molecule has 0 aliphatic carbocycles. The van der Waals surface area contributed by atoms with Crippen LogP contribution in [0.3, 0.4) is 0 Å². The third-order valence-electron chi connectivity index (χ3n) is 2.86. The molecule has 0 saturated carbocycles. The Bertz CT molecular complexity index is 897. The van der Waals surface area contributed by atoms with E-state index in [-0.39, 0.29) is 4.21 Å². The molecule has 0 bridgehead atoms. The van der Waals surface area contributed by atoms with Crippen LogP contribution in [0.4, 0.5) is 5.82 Å². The van der Waals surface area contributed by atoms with Gasteiger partial charge in [-0.05, 0) is 38.1 Å². The first kappa shape index (κ1) is 14.7. The van der Waals surface area contributed by atoms with Gasteiger partial charge in [0.05, 0.1) is 11.9 Å². The van der Waals surface area contributed by atoms with Crippen molar-refractivity contribution in [3.63, 3.8) is 0 Å². The van der Waals surface area contributed by atoms with Crippen molar-refractivity contribution in [2.75, 3.05) is 4.72 Å². The largest absolute Gasteiger partial charge is 0.272 e. The molecule has 0 aliphatic heterocycles. The lowest BCUT2D eigenvalue weighted by Crippen LogP contribution is -2.15. The predicted octanol–water partition coefficient (Wildman–Crippen LogP) is 2.14. The maximum atomic E-state index is 12.4. The zero-order valence-electron chi connectivity index (χ0n) is 11.9. The highest BCUT2D eigenvalue weighted by molar-refractivity contribution is 7.94. The van der Waals surface area contributed by atoms with E-state index in [9.17, 15) is 8.42 Å². The summed E-state index contributed by atoms with van der Waals surface area (Å²) in [7, 11) is -3.64. The van der Waals surface area contributed by atoms with E-state index in [2.05, 4.69) is 20.0 Å². The molecule has 9 heteroatoms. The molecule has 3 rings (SSSR count). The summed E-state index contributed by atoms with van der Waals surface area (Å²) in [6.07, 6.45) is 1.50. The molecular weight excluding hydrogens is 322 g/mol. The molecule has 3 heterocycles. The number of hydrogen-bond donors (Lipinski definition) is 1. The van der Waals surface area contributed by atoms with E-state index < -0.39 is 10.0 Å². The van der Waals surface area contributed by atoms with E-state index >= 15 is 0 Å². The Balaban J connectivity index is 1.94. The second-order valence-electron chi connectivity index (χ2n) is 4.63. The van der Waals surface area contributed by atoms with Crippen LogP contribution in [0.25, 0.3) is 5.82 Å². The molecule has 0 unspecified atom stereocenters. The molecule has 114 valence electrons. The average Bonchev–Trinajstić information content (AvgIpc) is 3.09. The van der Waals surface area contributed by atoms with Crippen molar-refractivity contribution < 1.29 is 8.42 Å². The van der Waals surface area contributed by atoms with Gasteiger partial charge in [0.2, 0.25) is 0 Å². The highest BCUT2D eigenvalue weighted by atomic mass is 32.2. The van der Waals surface area contributed by atoms with Crippen LogP contribution in [0, 0.1) is 13.8 Å². The minimum atomic E-state index is -3.64. The van der Waals surface area contributed by atoms with E-state index in [1.54, 1.807) is 30.3 Å². The molecule has 0 spiro atoms. The summed E-state index contributed by atoms with van der Waals surface area (Å²) in [6.45, 7) is 3.68. The zero-order valence-corrected chi connectivity index (χ0v) is 13.5. The maximum Gasteiger partial charge on any atom is 0.272 e.